The van der Waals surface area contributed by atoms with Crippen LogP contribution in [-0.4, -0.2) is 18.6 Å². The predicted octanol–water partition coefficient (Wildman–Crippen LogP) is 5.03. The van der Waals surface area contributed by atoms with Crippen molar-refractivity contribution >= 4 is 72.6 Å². The molecular weight excluding hydrogens is 421 g/mol. The number of rotatable bonds is 4. The fraction of sp³-hybridized carbons (Fsp3) is 0. The minimum atomic E-state index is -3.82. The first-order valence-electron chi connectivity index (χ1n) is 5.93. The minimum Gasteiger partial charge on any atom is -0.252 e. The molecule has 2 aromatic heterocycles. The number of anilines is 1. The summed E-state index contributed by atoms with van der Waals surface area (Å²) in [5.41, 5.74) is 0.680. The summed E-state index contributed by atoms with van der Waals surface area (Å²) in [7, 11) is -3.82. The first-order chi connectivity index (χ1) is 10.9. The second kappa shape index (κ2) is 6.54. The lowest BCUT2D eigenvalue weighted by Gasteiger charge is -2.00. The van der Waals surface area contributed by atoms with Crippen LogP contribution in [0.4, 0.5) is 5.13 Å². The van der Waals surface area contributed by atoms with Gasteiger partial charge >= 0.3 is 0 Å². The molecule has 0 saturated carbocycles. The van der Waals surface area contributed by atoms with E-state index >= 15 is 0 Å². The number of thiophene rings is 1. The Bertz CT molecular complexity index is 949. The fourth-order valence-corrected chi connectivity index (χ4v) is 5.81. The summed E-state index contributed by atoms with van der Waals surface area (Å²) >= 11 is 19.6. The van der Waals surface area contributed by atoms with E-state index in [1.165, 1.54) is 6.07 Å². The van der Waals surface area contributed by atoms with E-state index in [0.717, 1.165) is 22.7 Å². The van der Waals surface area contributed by atoms with Gasteiger partial charge in [-0.2, -0.15) is 0 Å². The van der Waals surface area contributed by atoms with Gasteiger partial charge in [-0.15, -0.1) is 21.5 Å². The molecule has 120 valence electrons. The number of nitrogens with one attached hydrogen (secondary N) is 1. The van der Waals surface area contributed by atoms with Crippen LogP contribution in [0.2, 0.25) is 14.4 Å². The second-order valence-electron chi connectivity index (χ2n) is 4.18. The highest BCUT2D eigenvalue weighted by Crippen LogP contribution is 2.36. The van der Waals surface area contributed by atoms with Crippen molar-refractivity contribution in [3.8, 4) is 10.6 Å². The molecule has 0 aliphatic heterocycles. The molecule has 0 aliphatic rings. The van der Waals surface area contributed by atoms with E-state index in [2.05, 4.69) is 14.9 Å². The van der Waals surface area contributed by atoms with Gasteiger partial charge in [0, 0.05) is 5.56 Å². The van der Waals surface area contributed by atoms with Gasteiger partial charge in [0.25, 0.3) is 10.0 Å². The maximum atomic E-state index is 12.3. The Morgan fingerprint density at radius 1 is 1.00 bits per heavy atom. The summed E-state index contributed by atoms with van der Waals surface area (Å²) in [6.07, 6.45) is 0. The Kier molecular flexibility index (Phi) is 4.82. The number of hydrogen-bond acceptors (Lipinski definition) is 6. The van der Waals surface area contributed by atoms with E-state index in [-0.39, 0.29) is 18.7 Å². The van der Waals surface area contributed by atoms with E-state index in [9.17, 15) is 8.42 Å². The smallest absolute Gasteiger partial charge is 0.252 e. The van der Waals surface area contributed by atoms with Crippen molar-refractivity contribution in [1.29, 1.82) is 0 Å². The lowest BCUT2D eigenvalue weighted by molar-refractivity contribution is 0.603. The number of benzene rings is 1. The Balaban J connectivity index is 1.88. The molecule has 0 aliphatic carbocycles. The third-order valence-electron chi connectivity index (χ3n) is 2.64. The number of sulfonamides is 1. The van der Waals surface area contributed by atoms with E-state index in [4.69, 9.17) is 34.8 Å². The lowest BCUT2D eigenvalue weighted by atomic mass is 10.2. The standard InChI is InChI=1S/C12H6Cl3N3O2S3/c13-7-4-2-1-3-6(7)11-16-17-12(22-11)18-23(19,20)9-5-8(14)10(15)21-9/h1-5H,(H,17,18). The van der Waals surface area contributed by atoms with Gasteiger partial charge in [0.15, 0.2) is 5.01 Å². The van der Waals surface area contributed by atoms with Crippen LogP contribution in [-0.2, 0) is 10.0 Å². The van der Waals surface area contributed by atoms with Crippen LogP contribution in [0, 0.1) is 0 Å². The van der Waals surface area contributed by atoms with Crippen LogP contribution >= 0.6 is 57.5 Å². The predicted molar refractivity (Wildman–Crippen MR) is 95.5 cm³/mol. The van der Waals surface area contributed by atoms with Crippen molar-refractivity contribution in [2.24, 2.45) is 0 Å². The van der Waals surface area contributed by atoms with Crippen LogP contribution in [0.1, 0.15) is 0 Å². The van der Waals surface area contributed by atoms with Crippen molar-refractivity contribution in [3.05, 3.63) is 44.7 Å². The first kappa shape index (κ1) is 16.9. The Hall–Kier alpha value is -0.900. The number of hydrogen-bond donors (Lipinski definition) is 1. The van der Waals surface area contributed by atoms with Crippen LogP contribution < -0.4 is 4.72 Å². The average Bonchev–Trinajstić information content (AvgIpc) is 3.07. The molecule has 23 heavy (non-hydrogen) atoms. The van der Waals surface area contributed by atoms with E-state index in [0.29, 0.717) is 15.6 Å². The molecule has 0 unspecified atom stereocenters. The van der Waals surface area contributed by atoms with Crippen molar-refractivity contribution < 1.29 is 8.42 Å². The number of nitrogens with zero attached hydrogens (tertiary/aromatic N) is 2. The summed E-state index contributed by atoms with van der Waals surface area (Å²) in [5.74, 6) is 0. The van der Waals surface area contributed by atoms with E-state index in [1.807, 2.05) is 6.07 Å². The average molecular weight is 427 g/mol. The highest BCUT2D eigenvalue weighted by Gasteiger charge is 2.21. The molecule has 0 saturated heterocycles. The van der Waals surface area contributed by atoms with Gasteiger partial charge in [-0.1, -0.05) is 64.3 Å². The van der Waals surface area contributed by atoms with E-state index in [1.54, 1.807) is 18.2 Å². The van der Waals surface area contributed by atoms with Gasteiger partial charge in [0.05, 0.1) is 10.0 Å². The third kappa shape index (κ3) is 3.62. The van der Waals surface area contributed by atoms with Crippen molar-refractivity contribution in [3.63, 3.8) is 0 Å². The summed E-state index contributed by atoms with van der Waals surface area (Å²) in [6, 6.07) is 8.38. The van der Waals surface area contributed by atoms with Crippen LogP contribution in [0.15, 0.2) is 34.5 Å². The quantitative estimate of drug-likeness (QED) is 0.635. The summed E-state index contributed by atoms with van der Waals surface area (Å²) in [6.45, 7) is 0. The maximum Gasteiger partial charge on any atom is 0.273 e. The number of aromatic nitrogens is 2. The fourth-order valence-electron chi connectivity index (χ4n) is 1.63. The molecule has 1 aromatic carbocycles. The molecule has 0 fully saturated rings. The molecule has 1 N–H and O–H groups in total. The molecule has 3 rings (SSSR count). The number of halogens is 3. The zero-order valence-corrected chi connectivity index (χ0v) is 15.7. The minimum absolute atomic E-state index is 0.00185. The zero-order valence-electron chi connectivity index (χ0n) is 11.0. The monoisotopic (exact) mass is 425 g/mol. The Labute approximate surface area is 154 Å². The highest BCUT2D eigenvalue weighted by molar-refractivity contribution is 7.95. The molecule has 2 heterocycles. The van der Waals surface area contributed by atoms with Gasteiger partial charge in [-0.3, -0.25) is 4.72 Å². The molecule has 0 spiro atoms. The molecule has 0 bridgehead atoms. The molecule has 3 aromatic rings. The van der Waals surface area contributed by atoms with Crippen LogP contribution in [0.5, 0.6) is 0 Å². The second-order valence-corrected chi connectivity index (χ2v) is 9.54. The molecule has 0 amide bonds. The highest BCUT2D eigenvalue weighted by atomic mass is 35.5. The third-order valence-corrected chi connectivity index (χ3v) is 7.65. The molecule has 11 heteroatoms. The summed E-state index contributed by atoms with van der Waals surface area (Å²) < 4.78 is 27.1. The lowest BCUT2D eigenvalue weighted by Crippen LogP contribution is -2.11. The zero-order chi connectivity index (χ0) is 16.6. The summed E-state index contributed by atoms with van der Waals surface area (Å²) in [5, 5.41) is 9.12. The largest absolute Gasteiger partial charge is 0.273 e. The van der Waals surface area contributed by atoms with Crippen molar-refractivity contribution in [2.75, 3.05) is 4.72 Å². The maximum absolute atomic E-state index is 12.3. The van der Waals surface area contributed by atoms with Gasteiger partial charge < -0.3 is 0 Å². The summed E-state index contributed by atoms with van der Waals surface area (Å²) in [4.78, 5) is 0. The Morgan fingerprint density at radius 2 is 1.74 bits per heavy atom. The topological polar surface area (TPSA) is 72.0 Å². The van der Waals surface area contributed by atoms with Gasteiger partial charge in [0.2, 0.25) is 5.13 Å². The first-order valence-corrected chi connectivity index (χ1v) is 10.2. The molecule has 5 nitrogen and oxygen atoms in total. The van der Waals surface area contributed by atoms with Crippen molar-refractivity contribution in [2.45, 2.75) is 4.21 Å². The normalized spacial score (nSPS) is 11.6. The van der Waals surface area contributed by atoms with Crippen LogP contribution in [0.3, 0.4) is 0 Å². The van der Waals surface area contributed by atoms with Crippen LogP contribution in [0.25, 0.3) is 10.6 Å². The molecule has 0 radical (unpaired) electrons. The molecular formula is C12H6Cl3N3O2S3. The van der Waals surface area contributed by atoms with Gasteiger partial charge in [-0.25, -0.2) is 8.42 Å². The molecule has 0 atom stereocenters. The van der Waals surface area contributed by atoms with E-state index < -0.39 is 10.0 Å². The van der Waals surface area contributed by atoms with Gasteiger partial charge in [0.1, 0.15) is 8.55 Å². The Morgan fingerprint density at radius 3 is 2.39 bits per heavy atom. The van der Waals surface area contributed by atoms with Gasteiger partial charge in [-0.05, 0) is 12.1 Å². The van der Waals surface area contributed by atoms with Crippen molar-refractivity contribution in [1.82, 2.24) is 10.2 Å². The SMILES string of the molecule is O=S(=O)(Nc1nnc(-c2ccccc2Cl)s1)c1cc(Cl)c(Cl)s1.